The van der Waals surface area contributed by atoms with Gasteiger partial charge in [0.05, 0.1) is 11.5 Å². The van der Waals surface area contributed by atoms with Gasteiger partial charge in [0.1, 0.15) is 0 Å². The van der Waals surface area contributed by atoms with E-state index in [4.69, 9.17) is 0 Å². The van der Waals surface area contributed by atoms with Crippen LogP contribution >= 0.6 is 0 Å². The zero-order valence-corrected chi connectivity index (χ0v) is 13.1. The number of nitrogens with zero attached hydrogens (tertiary/aromatic N) is 1. The van der Waals surface area contributed by atoms with E-state index in [2.05, 4.69) is 0 Å². The maximum absolute atomic E-state index is 12.6. The molecule has 0 atom stereocenters. The zero-order chi connectivity index (χ0) is 14.8. The Morgan fingerprint density at radius 2 is 1.84 bits per heavy atom. The van der Waals surface area contributed by atoms with Crippen LogP contribution in [-0.2, 0) is 16.6 Å². The zero-order valence-electron chi connectivity index (χ0n) is 12.3. The molecule has 0 fully saturated rings. The molecule has 1 aromatic rings. The molecule has 0 heterocycles. The van der Waals surface area contributed by atoms with Crippen LogP contribution in [0, 0.1) is 19.8 Å². The van der Waals surface area contributed by atoms with Gasteiger partial charge in [-0.25, -0.2) is 12.7 Å². The summed E-state index contributed by atoms with van der Waals surface area (Å²) in [6.45, 7) is 7.94. The maximum atomic E-state index is 12.6. The van der Waals surface area contributed by atoms with Gasteiger partial charge in [-0.3, -0.25) is 0 Å². The van der Waals surface area contributed by atoms with Crippen molar-refractivity contribution in [1.29, 1.82) is 0 Å². The van der Waals surface area contributed by atoms with E-state index in [0.29, 0.717) is 17.0 Å². The van der Waals surface area contributed by atoms with E-state index >= 15 is 0 Å². The predicted molar refractivity (Wildman–Crippen MR) is 76.5 cm³/mol. The van der Waals surface area contributed by atoms with Crippen molar-refractivity contribution in [2.75, 3.05) is 13.6 Å². The molecular formula is C14H23NO3S. The highest BCUT2D eigenvalue weighted by molar-refractivity contribution is 7.89. The SMILES string of the molecule is Cc1cc(CO)cc(S(=O)(=O)N(C)CC(C)C)c1C. The van der Waals surface area contributed by atoms with Crippen molar-refractivity contribution in [2.24, 2.45) is 5.92 Å². The van der Waals surface area contributed by atoms with Crippen LogP contribution in [-0.4, -0.2) is 31.4 Å². The number of benzene rings is 1. The molecule has 5 heteroatoms. The van der Waals surface area contributed by atoms with E-state index in [1.54, 1.807) is 20.0 Å². The lowest BCUT2D eigenvalue weighted by Crippen LogP contribution is -2.31. The first kappa shape index (κ1) is 16.1. The summed E-state index contributed by atoms with van der Waals surface area (Å²) in [7, 11) is -1.90. The molecule has 1 rings (SSSR count). The lowest BCUT2D eigenvalue weighted by atomic mass is 10.1. The fourth-order valence-electron chi connectivity index (χ4n) is 2.04. The van der Waals surface area contributed by atoms with E-state index < -0.39 is 10.0 Å². The molecular weight excluding hydrogens is 262 g/mol. The molecule has 0 aromatic heterocycles. The second-order valence-corrected chi connectivity index (χ2v) is 7.39. The van der Waals surface area contributed by atoms with Gasteiger partial charge >= 0.3 is 0 Å². The Kier molecular flexibility index (Phi) is 5.12. The number of hydrogen-bond donors (Lipinski definition) is 1. The smallest absolute Gasteiger partial charge is 0.243 e. The monoisotopic (exact) mass is 285 g/mol. The molecule has 0 aliphatic rings. The summed E-state index contributed by atoms with van der Waals surface area (Å²) in [6, 6.07) is 3.38. The largest absolute Gasteiger partial charge is 0.392 e. The van der Waals surface area contributed by atoms with Crippen molar-refractivity contribution in [1.82, 2.24) is 4.31 Å². The molecule has 0 saturated carbocycles. The Labute approximate surface area is 116 Å². The Morgan fingerprint density at radius 3 is 2.32 bits per heavy atom. The Balaban J connectivity index is 3.32. The van der Waals surface area contributed by atoms with Gasteiger partial charge in [-0.15, -0.1) is 0 Å². The molecule has 0 unspecified atom stereocenters. The van der Waals surface area contributed by atoms with Gasteiger partial charge in [0.15, 0.2) is 0 Å². The van der Waals surface area contributed by atoms with Crippen LogP contribution in [0.3, 0.4) is 0 Å². The Morgan fingerprint density at radius 1 is 1.26 bits per heavy atom. The van der Waals surface area contributed by atoms with Crippen LogP contribution in [0.15, 0.2) is 17.0 Å². The van der Waals surface area contributed by atoms with Crippen molar-refractivity contribution in [3.63, 3.8) is 0 Å². The fraction of sp³-hybridized carbons (Fsp3) is 0.571. The first-order valence-corrected chi connectivity index (χ1v) is 7.81. The second-order valence-electron chi connectivity index (χ2n) is 5.37. The molecule has 108 valence electrons. The predicted octanol–water partition coefficient (Wildman–Crippen LogP) is 2.07. The average molecular weight is 285 g/mol. The normalized spacial score (nSPS) is 12.4. The summed E-state index contributed by atoms with van der Waals surface area (Å²) in [5, 5.41) is 9.22. The standard InChI is InChI=1S/C14H23NO3S/c1-10(2)8-15(5)19(17,18)14-7-13(9-16)6-11(3)12(14)4/h6-7,10,16H,8-9H2,1-5H3. The van der Waals surface area contributed by atoms with Crippen LogP contribution in [0.2, 0.25) is 0 Å². The quantitative estimate of drug-likeness (QED) is 0.901. The van der Waals surface area contributed by atoms with Gasteiger partial charge < -0.3 is 5.11 Å². The van der Waals surface area contributed by atoms with E-state index in [0.717, 1.165) is 11.1 Å². The number of hydrogen-bond acceptors (Lipinski definition) is 3. The van der Waals surface area contributed by atoms with Crippen molar-refractivity contribution in [3.8, 4) is 0 Å². The Bertz CT molecular complexity index is 550. The topological polar surface area (TPSA) is 57.6 Å². The van der Waals surface area contributed by atoms with Crippen LogP contribution in [0.4, 0.5) is 0 Å². The van der Waals surface area contributed by atoms with Crippen molar-refractivity contribution >= 4 is 10.0 Å². The van der Waals surface area contributed by atoms with Crippen LogP contribution in [0.5, 0.6) is 0 Å². The minimum absolute atomic E-state index is 0.155. The molecule has 0 amide bonds. The maximum Gasteiger partial charge on any atom is 0.243 e. The van der Waals surface area contributed by atoms with Crippen molar-refractivity contribution < 1.29 is 13.5 Å². The molecule has 0 saturated heterocycles. The summed E-state index contributed by atoms with van der Waals surface area (Å²) in [4.78, 5) is 0.291. The second kappa shape index (κ2) is 6.03. The van der Waals surface area contributed by atoms with Gasteiger partial charge in [0, 0.05) is 13.6 Å². The number of aliphatic hydroxyl groups is 1. The molecule has 19 heavy (non-hydrogen) atoms. The molecule has 0 aliphatic heterocycles. The highest BCUT2D eigenvalue weighted by Crippen LogP contribution is 2.24. The first-order valence-electron chi connectivity index (χ1n) is 6.37. The summed E-state index contributed by atoms with van der Waals surface area (Å²) < 4.78 is 26.5. The summed E-state index contributed by atoms with van der Waals surface area (Å²) in [5.41, 5.74) is 2.25. The third-order valence-electron chi connectivity index (χ3n) is 3.17. The lowest BCUT2D eigenvalue weighted by molar-refractivity contribution is 0.281. The van der Waals surface area contributed by atoms with Gasteiger partial charge in [-0.05, 0) is 42.5 Å². The van der Waals surface area contributed by atoms with Crippen LogP contribution in [0.1, 0.15) is 30.5 Å². The molecule has 1 N–H and O–H groups in total. The van der Waals surface area contributed by atoms with Gasteiger partial charge in [0.2, 0.25) is 10.0 Å². The van der Waals surface area contributed by atoms with E-state index in [1.165, 1.54) is 4.31 Å². The van der Waals surface area contributed by atoms with E-state index in [9.17, 15) is 13.5 Å². The van der Waals surface area contributed by atoms with Crippen LogP contribution in [0.25, 0.3) is 0 Å². The number of sulfonamides is 1. The molecule has 0 spiro atoms. The Hall–Kier alpha value is -0.910. The van der Waals surface area contributed by atoms with E-state index in [-0.39, 0.29) is 12.5 Å². The van der Waals surface area contributed by atoms with E-state index in [1.807, 2.05) is 26.8 Å². The molecule has 1 aromatic carbocycles. The van der Waals surface area contributed by atoms with Crippen LogP contribution < -0.4 is 0 Å². The molecule has 4 nitrogen and oxygen atoms in total. The van der Waals surface area contributed by atoms with Crippen molar-refractivity contribution in [2.45, 2.75) is 39.2 Å². The lowest BCUT2D eigenvalue weighted by Gasteiger charge is -2.21. The molecule has 0 bridgehead atoms. The molecule has 0 radical (unpaired) electrons. The number of aryl methyl sites for hydroxylation is 1. The van der Waals surface area contributed by atoms with Gasteiger partial charge in [-0.1, -0.05) is 19.9 Å². The summed E-state index contributed by atoms with van der Waals surface area (Å²) in [6.07, 6.45) is 0. The minimum Gasteiger partial charge on any atom is -0.392 e. The highest BCUT2D eigenvalue weighted by atomic mass is 32.2. The summed E-state index contributed by atoms with van der Waals surface area (Å²) >= 11 is 0. The third kappa shape index (κ3) is 3.55. The fourth-order valence-corrected chi connectivity index (χ4v) is 3.72. The minimum atomic E-state index is -3.50. The summed E-state index contributed by atoms with van der Waals surface area (Å²) in [5.74, 6) is 0.266. The van der Waals surface area contributed by atoms with Gasteiger partial charge in [-0.2, -0.15) is 0 Å². The van der Waals surface area contributed by atoms with Crippen molar-refractivity contribution in [3.05, 3.63) is 28.8 Å². The average Bonchev–Trinajstić information content (AvgIpc) is 2.31. The first-order chi connectivity index (χ1) is 8.70. The highest BCUT2D eigenvalue weighted by Gasteiger charge is 2.24. The van der Waals surface area contributed by atoms with Gasteiger partial charge in [0.25, 0.3) is 0 Å². The molecule has 0 aliphatic carbocycles. The third-order valence-corrected chi connectivity index (χ3v) is 5.12. The number of aliphatic hydroxyl groups excluding tert-OH is 1. The number of rotatable bonds is 5.